The Morgan fingerprint density at radius 3 is 3.00 bits per heavy atom. The van der Waals surface area contributed by atoms with Crippen molar-refractivity contribution in [2.45, 2.75) is 12.5 Å². The van der Waals surface area contributed by atoms with Crippen LogP contribution in [0.25, 0.3) is 0 Å². The van der Waals surface area contributed by atoms with Gasteiger partial charge in [0.05, 0.1) is 21.9 Å². The van der Waals surface area contributed by atoms with Gasteiger partial charge in [0, 0.05) is 19.6 Å². The van der Waals surface area contributed by atoms with E-state index in [4.69, 9.17) is 16.3 Å². The summed E-state index contributed by atoms with van der Waals surface area (Å²) in [6, 6.07) is 3.56. The molecule has 106 valence electrons. The van der Waals surface area contributed by atoms with Crippen molar-refractivity contribution in [2.75, 3.05) is 40.3 Å². The molecular weight excluding hydrogens is 284 g/mol. The fourth-order valence-electron chi connectivity index (χ4n) is 2.07. The molecule has 0 aromatic carbocycles. The highest BCUT2D eigenvalue weighted by atomic mass is 35.5. The first kappa shape index (κ1) is 14.8. The van der Waals surface area contributed by atoms with Gasteiger partial charge in [-0.1, -0.05) is 11.6 Å². The molecule has 0 saturated carbocycles. The Bertz CT molecular complexity index is 436. The van der Waals surface area contributed by atoms with Gasteiger partial charge in [-0.05, 0) is 32.6 Å². The molecular formula is C13H19ClN2O2S. The molecule has 0 N–H and O–H groups in total. The van der Waals surface area contributed by atoms with E-state index in [1.807, 2.05) is 19.0 Å². The lowest BCUT2D eigenvalue weighted by molar-refractivity contribution is -0.0268. The number of amides is 1. The Kier molecular flexibility index (Phi) is 5.21. The average molecular weight is 303 g/mol. The van der Waals surface area contributed by atoms with E-state index < -0.39 is 0 Å². The van der Waals surface area contributed by atoms with Gasteiger partial charge < -0.3 is 14.5 Å². The van der Waals surface area contributed by atoms with Crippen LogP contribution in [0.5, 0.6) is 0 Å². The van der Waals surface area contributed by atoms with E-state index >= 15 is 0 Å². The summed E-state index contributed by atoms with van der Waals surface area (Å²) in [6.45, 7) is 2.91. The van der Waals surface area contributed by atoms with Crippen LogP contribution in [0.2, 0.25) is 4.34 Å². The van der Waals surface area contributed by atoms with Gasteiger partial charge in [-0.25, -0.2) is 0 Å². The highest BCUT2D eigenvalue weighted by Crippen LogP contribution is 2.23. The second-order valence-electron chi connectivity index (χ2n) is 4.94. The van der Waals surface area contributed by atoms with Crippen molar-refractivity contribution in [3.05, 3.63) is 21.3 Å². The molecule has 6 heteroatoms. The van der Waals surface area contributed by atoms with Gasteiger partial charge in [-0.3, -0.25) is 4.79 Å². The Balaban J connectivity index is 1.91. The van der Waals surface area contributed by atoms with Crippen LogP contribution in [0, 0.1) is 0 Å². The SMILES string of the molecule is CN(C)CCC1CN(C(=O)c2ccc(Cl)s2)CCO1. The van der Waals surface area contributed by atoms with Gasteiger partial charge in [0.2, 0.25) is 0 Å². The normalized spacial score (nSPS) is 20.0. The molecule has 0 radical (unpaired) electrons. The summed E-state index contributed by atoms with van der Waals surface area (Å²) in [6.07, 6.45) is 1.08. The van der Waals surface area contributed by atoms with Crippen molar-refractivity contribution in [3.8, 4) is 0 Å². The molecule has 0 aliphatic carbocycles. The van der Waals surface area contributed by atoms with E-state index in [0.29, 0.717) is 28.9 Å². The topological polar surface area (TPSA) is 32.8 Å². The van der Waals surface area contributed by atoms with Gasteiger partial charge in [0.15, 0.2) is 0 Å². The second kappa shape index (κ2) is 6.70. The number of carbonyl (C=O) groups is 1. The first-order valence-corrected chi connectivity index (χ1v) is 7.56. The highest BCUT2D eigenvalue weighted by molar-refractivity contribution is 7.17. The maximum atomic E-state index is 12.3. The summed E-state index contributed by atoms with van der Waals surface area (Å²) in [4.78, 5) is 17.0. The molecule has 1 aliphatic heterocycles. The Hall–Kier alpha value is -0.620. The van der Waals surface area contributed by atoms with Crippen LogP contribution >= 0.6 is 22.9 Å². The maximum Gasteiger partial charge on any atom is 0.264 e. The number of nitrogens with zero attached hydrogens (tertiary/aromatic N) is 2. The van der Waals surface area contributed by atoms with Crippen molar-refractivity contribution in [1.29, 1.82) is 0 Å². The summed E-state index contributed by atoms with van der Waals surface area (Å²) in [5.41, 5.74) is 0. The largest absolute Gasteiger partial charge is 0.374 e. The number of carbonyl (C=O) groups excluding carboxylic acids is 1. The summed E-state index contributed by atoms with van der Waals surface area (Å²) < 4.78 is 6.36. The van der Waals surface area contributed by atoms with Gasteiger partial charge in [-0.2, -0.15) is 0 Å². The first-order chi connectivity index (χ1) is 9.06. The van der Waals surface area contributed by atoms with Crippen LogP contribution in [0.15, 0.2) is 12.1 Å². The van der Waals surface area contributed by atoms with E-state index in [9.17, 15) is 4.79 Å². The van der Waals surface area contributed by atoms with Gasteiger partial charge >= 0.3 is 0 Å². The second-order valence-corrected chi connectivity index (χ2v) is 6.65. The Morgan fingerprint density at radius 1 is 1.58 bits per heavy atom. The van der Waals surface area contributed by atoms with Gasteiger partial charge in [0.1, 0.15) is 0 Å². The molecule has 1 amide bonds. The zero-order valence-corrected chi connectivity index (χ0v) is 12.8. The van der Waals surface area contributed by atoms with Crippen molar-refractivity contribution in [2.24, 2.45) is 0 Å². The van der Waals surface area contributed by atoms with Crippen molar-refractivity contribution in [3.63, 3.8) is 0 Å². The molecule has 1 aromatic heterocycles. The number of rotatable bonds is 4. The fraction of sp³-hybridized carbons (Fsp3) is 0.615. The minimum Gasteiger partial charge on any atom is -0.374 e. The summed E-state index contributed by atoms with van der Waals surface area (Å²) in [5.74, 6) is 0.0649. The first-order valence-electron chi connectivity index (χ1n) is 6.37. The number of ether oxygens (including phenoxy) is 1. The monoisotopic (exact) mass is 302 g/mol. The van der Waals surface area contributed by atoms with Crippen molar-refractivity contribution in [1.82, 2.24) is 9.80 Å². The lowest BCUT2D eigenvalue weighted by Crippen LogP contribution is -2.46. The number of hydrogen-bond donors (Lipinski definition) is 0. The molecule has 2 heterocycles. The zero-order chi connectivity index (χ0) is 13.8. The van der Waals surface area contributed by atoms with E-state index in [2.05, 4.69) is 4.90 Å². The number of halogens is 1. The Morgan fingerprint density at radius 2 is 2.37 bits per heavy atom. The standard InChI is InChI=1S/C13H19ClN2O2S/c1-15(2)6-5-10-9-16(7-8-18-10)13(17)11-3-4-12(14)19-11/h3-4,10H,5-9H2,1-2H3. The lowest BCUT2D eigenvalue weighted by atomic mass is 10.2. The van der Waals surface area contributed by atoms with Crippen LogP contribution in [0.4, 0.5) is 0 Å². The molecule has 0 bridgehead atoms. The molecule has 1 aliphatic rings. The van der Waals surface area contributed by atoms with Crippen molar-refractivity contribution >= 4 is 28.8 Å². The fourth-order valence-corrected chi connectivity index (χ4v) is 3.08. The van der Waals surface area contributed by atoms with Crippen LogP contribution < -0.4 is 0 Å². The minimum absolute atomic E-state index is 0.0649. The molecule has 2 rings (SSSR count). The third-order valence-corrected chi connectivity index (χ3v) is 4.33. The molecule has 1 fully saturated rings. The van der Waals surface area contributed by atoms with E-state index in [-0.39, 0.29) is 12.0 Å². The van der Waals surface area contributed by atoms with E-state index in [0.717, 1.165) is 13.0 Å². The molecule has 4 nitrogen and oxygen atoms in total. The molecule has 1 atom stereocenters. The maximum absolute atomic E-state index is 12.3. The Labute approximate surface area is 122 Å². The third-order valence-electron chi connectivity index (χ3n) is 3.11. The van der Waals surface area contributed by atoms with Gasteiger partial charge in [0.25, 0.3) is 5.91 Å². The minimum atomic E-state index is 0.0649. The molecule has 1 unspecified atom stereocenters. The number of morpholine rings is 1. The molecule has 0 spiro atoms. The molecule has 19 heavy (non-hydrogen) atoms. The van der Waals surface area contributed by atoms with Crippen LogP contribution in [-0.4, -0.2) is 62.1 Å². The smallest absolute Gasteiger partial charge is 0.264 e. The van der Waals surface area contributed by atoms with E-state index in [1.54, 1.807) is 12.1 Å². The molecule has 1 saturated heterocycles. The highest BCUT2D eigenvalue weighted by Gasteiger charge is 2.25. The summed E-state index contributed by atoms with van der Waals surface area (Å²) in [7, 11) is 4.08. The third kappa shape index (κ3) is 4.18. The predicted octanol–water partition coefficient (Wildman–Crippen LogP) is 2.19. The number of thiophene rings is 1. The molecule has 1 aromatic rings. The summed E-state index contributed by atoms with van der Waals surface area (Å²) >= 11 is 7.21. The van der Waals surface area contributed by atoms with Gasteiger partial charge in [-0.15, -0.1) is 11.3 Å². The van der Waals surface area contributed by atoms with Crippen LogP contribution in [0.3, 0.4) is 0 Å². The van der Waals surface area contributed by atoms with Crippen molar-refractivity contribution < 1.29 is 9.53 Å². The quantitative estimate of drug-likeness (QED) is 0.855. The zero-order valence-electron chi connectivity index (χ0n) is 11.3. The predicted molar refractivity (Wildman–Crippen MR) is 78.1 cm³/mol. The average Bonchev–Trinajstić information content (AvgIpc) is 2.82. The lowest BCUT2D eigenvalue weighted by Gasteiger charge is -2.33. The summed E-state index contributed by atoms with van der Waals surface area (Å²) in [5, 5.41) is 0. The van der Waals surface area contributed by atoms with E-state index in [1.165, 1.54) is 11.3 Å². The van der Waals surface area contributed by atoms with Crippen LogP contribution in [0.1, 0.15) is 16.1 Å². The number of hydrogen-bond acceptors (Lipinski definition) is 4. The van der Waals surface area contributed by atoms with Crippen LogP contribution in [-0.2, 0) is 4.74 Å².